The summed E-state index contributed by atoms with van der Waals surface area (Å²) in [5, 5.41) is 3.63. The molecule has 0 spiro atoms. The monoisotopic (exact) mass is 308 g/mol. The Labute approximate surface area is 130 Å². The summed E-state index contributed by atoms with van der Waals surface area (Å²) in [7, 11) is 0. The summed E-state index contributed by atoms with van der Waals surface area (Å²) >= 11 is 5.90. The zero-order chi connectivity index (χ0) is 15.6. The van der Waals surface area contributed by atoms with Crippen molar-refractivity contribution in [2.45, 2.75) is 33.2 Å². The van der Waals surface area contributed by atoms with Crippen LogP contribution in [0.4, 0.5) is 0 Å². The van der Waals surface area contributed by atoms with Gasteiger partial charge in [0.25, 0.3) is 5.91 Å². The van der Waals surface area contributed by atoms with Crippen LogP contribution >= 0.6 is 11.6 Å². The molecule has 1 aromatic rings. The smallest absolute Gasteiger partial charge is 0.251 e. The summed E-state index contributed by atoms with van der Waals surface area (Å²) in [6.45, 7) is 6.96. The highest BCUT2D eigenvalue weighted by Gasteiger charge is 2.28. The number of benzene rings is 1. The quantitative estimate of drug-likeness (QED) is 0.933. The molecule has 2 amide bonds. The average Bonchev–Trinajstić information content (AvgIpc) is 2.85. The molecule has 0 saturated carbocycles. The van der Waals surface area contributed by atoms with Crippen LogP contribution in [-0.2, 0) is 4.79 Å². The van der Waals surface area contributed by atoms with Crippen molar-refractivity contribution in [3.63, 3.8) is 0 Å². The van der Waals surface area contributed by atoms with Gasteiger partial charge in [-0.3, -0.25) is 9.59 Å². The number of aryl methyl sites for hydroxylation is 1. The molecule has 114 valence electrons. The highest BCUT2D eigenvalue weighted by Crippen LogP contribution is 2.17. The maximum atomic E-state index is 12.3. The fourth-order valence-electron chi connectivity index (χ4n) is 2.59. The number of nitrogens with one attached hydrogen (secondary N) is 1. The van der Waals surface area contributed by atoms with Crippen LogP contribution in [-0.4, -0.2) is 35.8 Å². The molecule has 1 fully saturated rings. The van der Waals surface area contributed by atoms with E-state index >= 15 is 0 Å². The fourth-order valence-corrected chi connectivity index (χ4v) is 2.82. The van der Waals surface area contributed by atoms with Crippen LogP contribution < -0.4 is 5.32 Å². The molecule has 0 aromatic heterocycles. The molecule has 0 radical (unpaired) electrons. The van der Waals surface area contributed by atoms with E-state index in [1.54, 1.807) is 18.2 Å². The van der Waals surface area contributed by atoms with Crippen molar-refractivity contribution in [2.75, 3.05) is 13.1 Å². The van der Waals surface area contributed by atoms with Gasteiger partial charge in [0.15, 0.2) is 0 Å². The van der Waals surface area contributed by atoms with E-state index in [1.165, 1.54) is 0 Å². The highest BCUT2D eigenvalue weighted by atomic mass is 35.5. The number of amides is 2. The van der Waals surface area contributed by atoms with Crippen molar-refractivity contribution < 1.29 is 9.59 Å². The van der Waals surface area contributed by atoms with Crippen LogP contribution in [0.3, 0.4) is 0 Å². The summed E-state index contributed by atoms with van der Waals surface area (Å²) in [5.74, 6) is 0.0420. The SMILES string of the molecule is Cc1cc(Cl)ccc1C(=O)NC1CCN(C(=O)C(C)C)C1. The molecule has 21 heavy (non-hydrogen) atoms. The Balaban J connectivity index is 1.97. The second kappa shape index (κ2) is 6.48. The van der Waals surface area contributed by atoms with Gasteiger partial charge in [0.05, 0.1) is 0 Å². The first-order valence-electron chi connectivity index (χ1n) is 7.24. The van der Waals surface area contributed by atoms with Crippen molar-refractivity contribution >= 4 is 23.4 Å². The number of hydrogen-bond donors (Lipinski definition) is 1. The second-order valence-electron chi connectivity index (χ2n) is 5.86. The number of carbonyl (C=O) groups is 2. The topological polar surface area (TPSA) is 49.4 Å². The molecular weight excluding hydrogens is 288 g/mol. The Hall–Kier alpha value is -1.55. The van der Waals surface area contributed by atoms with Crippen LogP contribution in [0.15, 0.2) is 18.2 Å². The molecule has 1 atom stereocenters. The van der Waals surface area contributed by atoms with Gasteiger partial charge in [0.2, 0.25) is 5.91 Å². The number of halogens is 1. The van der Waals surface area contributed by atoms with E-state index < -0.39 is 0 Å². The van der Waals surface area contributed by atoms with Gasteiger partial charge in [-0.25, -0.2) is 0 Å². The number of nitrogens with zero attached hydrogens (tertiary/aromatic N) is 1. The lowest BCUT2D eigenvalue weighted by Gasteiger charge is -2.19. The summed E-state index contributed by atoms with van der Waals surface area (Å²) in [4.78, 5) is 26.0. The molecule has 5 heteroatoms. The first-order chi connectivity index (χ1) is 9.88. The number of hydrogen-bond acceptors (Lipinski definition) is 2. The van der Waals surface area contributed by atoms with E-state index in [-0.39, 0.29) is 23.8 Å². The van der Waals surface area contributed by atoms with E-state index in [2.05, 4.69) is 5.32 Å². The lowest BCUT2D eigenvalue weighted by atomic mass is 10.1. The summed E-state index contributed by atoms with van der Waals surface area (Å²) in [5.41, 5.74) is 1.49. The summed E-state index contributed by atoms with van der Waals surface area (Å²) in [6, 6.07) is 5.25. The normalized spacial score (nSPS) is 18.1. The number of rotatable bonds is 3. The van der Waals surface area contributed by atoms with Gasteiger partial charge in [0.1, 0.15) is 0 Å². The van der Waals surface area contributed by atoms with Gasteiger partial charge in [-0.05, 0) is 37.1 Å². The molecule has 1 aromatic carbocycles. The number of likely N-dealkylation sites (tertiary alicyclic amines) is 1. The Morgan fingerprint density at radius 2 is 2.10 bits per heavy atom. The Morgan fingerprint density at radius 3 is 2.71 bits per heavy atom. The van der Waals surface area contributed by atoms with Gasteiger partial charge >= 0.3 is 0 Å². The van der Waals surface area contributed by atoms with Crippen molar-refractivity contribution in [2.24, 2.45) is 5.92 Å². The third-order valence-electron chi connectivity index (χ3n) is 3.76. The summed E-state index contributed by atoms with van der Waals surface area (Å²) < 4.78 is 0. The van der Waals surface area contributed by atoms with Crippen molar-refractivity contribution in [3.05, 3.63) is 34.3 Å². The molecule has 2 rings (SSSR count). The van der Waals surface area contributed by atoms with Gasteiger partial charge < -0.3 is 10.2 Å². The predicted octanol–water partition coefficient (Wildman–Crippen LogP) is 2.64. The Morgan fingerprint density at radius 1 is 1.38 bits per heavy atom. The number of carbonyl (C=O) groups excluding carboxylic acids is 2. The minimum Gasteiger partial charge on any atom is -0.347 e. The Bertz CT molecular complexity index is 557. The predicted molar refractivity (Wildman–Crippen MR) is 83.5 cm³/mol. The van der Waals surface area contributed by atoms with Gasteiger partial charge in [-0.1, -0.05) is 25.4 Å². The summed E-state index contributed by atoms with van der Waals surface area (Å²) in [6.07, 6.45) is 0.802. The maximum absolute atomic E-state index is 12.3. The second-order valence-corrected chi connectivity index (χ2v) is 6.29. The third kappa shape index (κ3) is 3.76. The molecule has 0 bridgehead atoms. The molecule has 1 saturated heterocycles. The zero-order valence-corrected chi connectivity index (χ0v) is 13.4. The van der Waals surface area contributed by atoms with Crippen molar-refractivity contribution in [1.29, 1.82) is 0 Å². The lowest BCUT2D eigenvalue weighted by Crippen LogP contribution is -2.39. The standard InChI is InChI=1S/C16H21ClN2O2/c1-10(2)16(21)19-7-6-13(9-19)18-15(20)14-5-4-12(17)8-11(14)3/h4-5,8,10,13H,6-7,9H2,1-3H3,(H,18,20). The zero-order valence-electron chi connectivity index (χ0n) is 12.6. The van der Waals surface area contributed by atoms with Gasteiger partial charge in [0, 0.05) is 35.6 Å². The van der Waals surface area contributed by atoms with Gasteiger partial charge in [-0.2, -0.15) is 0 Å². The van der Waals surface area contributed by atoms with E-state index in [0.717, 1.165) is 12.0 Å². The van der Waals surface area contributed by atoms with Crippen molar-refractivity contribution in [1.82, 2.24) is 10.2 Å². The lowest BCUT2D eigenvalue weighted by molar-refractivity contribution is -0.133. The van der Waals surface area contributed by atoms with Crippen LogP contribution in [0, 0.1) is 12.8 Å². The van der Waals surface area contributed by atoms with Crippen LogP contribution in [0.2, 0.25) is 5.02 Å². The van der Waals surface area contributed by atoms with Crippen molar-refractivity contribution in [3.8, 4) is 0 Å². The van der Waals surface area contributed by atoms with E-state index in [1.807, 2.05) is 25.7 Å². The molecule has 1 aliphatic rings. The first-order valence-corrected chi connectivity index (χ1v) is 7.62. The Kier molecular flexibility index (Phi) is 4.88. The molecule has 0 aliphatic carbocycles. The van der Waals surface area contributed by atoms with E-state index in [9.17, 15) is 9.59 Å². The molecule has 1 N–H and O–H groups in total. The highest BCUT2D eigenvalue weighted by molar-refractivity contribution is 6.30. The maximum Gasteiger partial charge on any atom is 0.251 e. The largest absolute Gasteiger partial charge is 0.347 e. The first kappa shape index (κ1) is 15.8. The molecular formula is C16H21ClN2O2. The van der Waals surface area contributed by atoms with Crippen LogP contribution in [0.5, 0.6) is 0 Å². The van der Waals surface area contributed by atoms with Crippen LogP contribution in [0.1, 0.15) is 36.2 Å². The molecule has 4 nitrogen and oxygen atoms in total. The molecule has 1 heterocycles. The third-order valence-corrected chi connectivity index (χ3v) is 4.00. The van der Waals surface area contributed by atoms with Gasteiger partial charge in [-0.15, -0.1) is 0 Å². The molecule has 1 aliphatic heterocycles. The van der Waals surface area contributed by atoms with E-state index in [0.29, 0.717) is 23.7 Å². The minimum absolute atomic E-state index is 0.00189. The fraction of sp³-hybridized carbons (Fsp3) is 0.500. The van der Waals surface area contributed by atoms with E-state index in [4.69, 9.17) is 11.6 Å². The minimum atomic E-state index is -0.104. The average molecular weight is 309 g/mol. The molecule has 1 unspecified atom stereocenters. The van der Waals surface area contributed by atoms with Crippen LogP contribution in [0.25, 0.3) is 0 Å².